The van der Waals surface area contributed by atoms with Gasteiger partial charge in [-0.05, 0) is 48.2 Å². The van der Waals surface area contributed by atoms with Crippen LogP contribution in [0.2, 0.25) is 0 Å². The highest BCUT2D eigenvalue weighted by molar-refractivity contribution is 6.42. The van der Waals surface area contributed by atoms with Crippen molar-refractivity contribution in [3.8, 4) is 0 Å². The molecule has 2 aliphatic heterocycles. The number of aromatic amines is 1. The maximum absolute atomic E-state index is 14.6. The number of nitrogens with one attached hydrogen (secondary N) is 2. The Labute approximate surface area is 266 Å². The molecule has 0 amide bonds. The van der Waals surface area contributed by atoms with Crippen molar-refractivity contribution >= 4 is 71.3 Å². The zero-order chi connectivity index (χ0) is 32.3. The highest BCUT2D eigenvalue weighted by Gasteiger charge is 2.35. The van der Waals surface area contributed by atoms with Crippen molar-refractivity contribution in [2.45, 2.75) is 53.4 Å². The van der Waals surface area contributed by atoms with Crippen LogP contribution < -0.4 is 4.99 Å². The van der Waals surface area contributed by atoms with Crippen LogP contribution in [0, 0.1) is 0 Å². The molecule has 2 aromatic heterocycles. The second kappa shape index (κ2) is 11.6. The molecule has 4 heterocycles. The molecule has 2 aliphatic rings. The summed E-state index contributed by atoms with van der Waals surface area (Å²) in [6.45, 7) is 7.91. The maximum Gasteiger partial charge on any atom is 0.609 e. The summed E-state index contributed by atoms with van der Waals surface area (Å²) < 4.78 is 60.6. The van der Waals surface area contributed by atoms with E-state index >= 15 is 0 Å². The molecule has 2 N–H and O–H groups in total. The summed E-state index contributed by atoms with van der Waals surface area (Å²) in [5.41, 5.74) is 9.19. The molecule has 0 saturated heterocycles. The van der Waals surface area contributed by atoms with Crippen LogP contribution in [0.5, 0.6) is 0 Å². The summed E-state index contributed by atoms with van der Waals surface area (Å²) in [7, 11) is -5.36. The number of halogens is 4. The predicted octanol–water partition coefficient (Wildman–Crippen LogP) is 7.46. The zero-order valence-electron chi connectivity index (χ0n) is 26.3. The zero-order valence-corrected chi connectivity index (χ0v) is 26.3. The first-order chi connectivity index (χ1) is 22.3. The van der Waals surface area contributed by atoms with Gasteiger partial charge in [0.2, 0.25) is 5.70 Å². The molecule has 7 rings (SSSR count). The third-order valence-electron chi connectivity index (χ3n) is 9.42. The molecule has 10 heteroatoms. The van der Waals surface area contributed by atoms with Gasteiger partial charge in [0.15, 0.2) is 11.4 Å². The van der Waals surface area contributed by atoms with Gasteiger partial charge in [-0.25, -0.2) is 4.99 Å². The van der Waals surface area contributed by atoms with Crippen molar-refractivity contribution in [3.63, 3.8) is 0 Å². The highest BCUT2D eigenvalue weighted by Crippen LogP contribution is 2.37. The number of hydrogen-bond donors (Lipinski definition) is 2. The molecule has 46 heavy (non-hydrogen) atoms. The summed E-state index contributed by atoms with van der Waals surface area (Å²) in [6, 6.07) is 19.4. The first-order valence-electron chi connectivity index (χ1n) is 16.0. The van der Waals surface area contributed by atoms with Crippen LogP contribution in [0.3, 0.4) is 0 Å². The summed E-state index contributed by atoms with van der Waals surface area (Å²) in [5.74, 6) is 0. The minimum absolute atomic E-state index is 0.471. The Hall–Kier alpha value is -4.59. The Kier molecular flexibility index (Phi) is 7.62. The van der Waals surface area contributed by atoms with Gasteiger partial charge in [-0.2, -0.15) is 0 Å². The molecule has 5 aromatic rings. The topological polar surface area (TPSA) is 37.7 Å². The molecule has 4 nitrogen and oxygen atoms in total. The average Bonchev–Trinajstić information content (AvgIpc) is 3.78. The smallest absolute Gasteiger partial charge is 0.487 e. The van der Waals surface area contributed by atoms with E-state index in [1.54, 1.807) is 0 Å². The fraction of sp³-hybridized carbons (Fsp3) is 0.222. The quantitative estimate of drug-likeness (QED) is 0.134. The lowest BCUT2D eigenvalue weighted by atomic mass is 9.96. The normalized spacial score (nSPS) is 16.3. The summed E-state index contributed by atoms with van der Waals surface area (Å²) in [4.78, 5) is 7.08. The summed E-state index contributed by atoms with van der Waals surface area (Å²) >= 11 is 0. The average molecular weight is 620 g/mol. The minimum Gasteiger partial charge on any atom is -0.487 e. The first kappa shape index (κ1) is 30.1. The largest absolute Gasteiger partial charge is 0.609 e. The van der Waals surface area contributed by atoms with Gasteiger partial charge in [0.05, 0.1) is 27.9 Å². The van der Waals surface area contributed by atoms with Crippen LogP contribution in [0.4, 0.5) is 17.3 Å². The number of fused-ring (bicyclic) bond motifs is 4. The molecule has 3 aromatic carbocycles. The lowest BCUT2D eigenvalue weighted by Gasteiger charge is -2.19. The van der Waals surface area contributed by atoms with Gasteiger partial charge >= 0.3 is 14.8 Å². The third kappa shape index (κ3) is 4.52. The number of nitrogens with zero attached hydrogens (tertiary/aromatic N) is 2. The second-order valence-electron chi connectivity index (χ2n) is 11.7. The predicted molar refractivity (Wildman–Crippen MR) is 183 cm³/mol. The van der Waals surface area contributed by atoms with Crippen molar-refractivity contribution in [2.75, 3.05) is 0 Å². The Balaban J connectivity index is 1.44. The van der Waals surface area contributed by atoms with E-state index in [-0.39, 0.29) is 0 Å². The van der Waals surface area contributed by atoms with E-state index in [2.05, 4.69) is 36.0 Å². The van der Waals surface area contributed by atoms with Crippen molar-refractivity contribution in [1.29, 1.82) is 0 Å². The van der Waals surface area contributed by atoms with Gasteiger partial charge in [-0.1, -0.05) is 64.1 Å². The van der Waals surface area contributed by atoms with Crippen molar-refractivity contribution < 1.29 is 26.7 Å². The second-order valence-corrected chi connectivity index (χ2v) is 11.7. The number of aromatic nitrogens is 2. The molecule has 0 saturated carbocycles. The van der Waals surface area contributed by atoms with Crippen molar-refractivity contribution in [2.24, 2.45) is 0 Å². The summed E-state index contributed by atoms with van der Waals surface area (Å²) in [5, 5.41) is 3.53. The lowest BCUT2D eigenvalue weighted by Crippen LogP contribution is -2.66. The Morgan fingerprint density at radius 1 is 0.739 bits per heavy atom. The van der Waals surface area contributed by atoms with Crippen LogP contribution in [0.1, 0.15) is 85.6 Å². The van der Waals surface area contributed by atoms with E-state index in [1.807, 2.05) is 74.5 Å². The standard InChI is InChI=1S/C36H33B2F4N4/c1-5-29-25-17-28-26(18-27(25)31(43-29)19-35-23-15-11-9-13-21(23)33(7-3)45(35)37(39)40)30(6-2)44-32(28)20-36-24-16-12-10-14-22(24)34(8-4)46(36)38(41)42/h9-20,43H,5-8H2,1-4H3/q-1/p+1/b32-20-,35-19-. The van der Waals surface area contributed by atoms with E-state index in [1.165, 1.54) is 0 Å². The van der Waals surface area contributed by atoms with Gasteiger partial charge in [0.1, 0.15) is 5.71 Å². The van der Waals surface area contributed by atoms with E-state index < -0.39 is 14.8 Å². The fourth-order valence-corrected chi connectivity index (χ4v) is 7.39. The van der Waals surface area contributed by atoms with E-state index in [0.717, 1.165) is 75.6 Å². The number of H-pyrrole nitrogens is 1. The third-order valence-corrected chi connectivity index (χ3v) is 9.42. The molecule has 0 fully saturated rings. The van der Waals surface area contributed by atoms with Crippen LogP contribution in [-0.2, 0) is 12.8 Å². The number of rotatable bonds is 8. The molecular formula is C36H34B2F4N4. The van der Waals surface area contributed by atoms with Crippen LogP contribution >= 0.6 is 0 Å². The van der Waals surface area contributed by atoms with Crippen LogP contribution in [0.15, 0.2) is 60.7 Å². The van der Waals surface area contributed by atoms with Gasteiger partial charge in [-0.3, -0.25) is 0 Å². The molecule has 0 bridgehead atoms. The van der Waals surface area contributed by atoms with Crippen LogP contribution in [0.25, 0.3) is 45.1 Å². The fourth-order valence-electron chi connectivity index (χ4n) is 7.39. The number of benzene rings is 3. The van der Waals surface area contributed by atoms with E-state index in [9.17, 15) is 17.3 Å². The van der Waals surface area contributed by atoms with E-state index in [0.29, 0.717) is 48.5 Å². The molecular weight excluding hydrogens is 586 g/mol. The Bertz CT molecular complexity index is 2170. The molecule has 2 radical (unpaired) electrons. The maximum atomic E-state index is 14.6. The molecule has 232 valence electrons. The first-order valence-corrected chi connectivity index (χ1v) is 16.0. The Morgan fingerprint density at radius 3 is 2.09 bits per heavy atom. The Morgan fingerprint density at radius 2 is 1.43 bits per heavy atom. The van der Waals surface area contributed by atoms with Gasteiger partial charge in [-0.15, -0.1) is 0 Å². The van der Waals surface area contributed by atoms with Crippen molar-refractivity contribution in [1.82, 2.24) is 9.46 Å². The highest BCUT2D eigenvalue weighted by atomic mass is 19.2. The molecule has 0 atom stereocenters. The van der Waals surface area contributed by atoms with Crippen molar-refractivity contribution in [3.05, 3.63) is 106 Å². The van der Waals surface area contributed by atoms with Crippen LogP contribution in [-0.4, -0.2) is 40.2 Å². The SMILES string of the molecule is CCC1=[NH+]/C(=C\c2c3ccccc3c(CC)n2[B-](F)F)c2cc3c(CC)[nH]c(/C=C4/c5ccccc5C(CC)=[N+]4[B-](F)F)c3cc21. The molecule has 0 aliphatic carbocycles. The minimum atomic E-state index is -2.68. The van der Waals surface area contributed by atoms with E-state index in [4.69, 9.17) is 0 Å². The van der Waals surface area contributed by atoms with Gasteiger partial charge < -0.3 is 31.2 Å². The number of aryl methyl sites for hydroxylation is 2. The van der Waals surface area contributed by atoms with Gasteiger partial charge in [0.25, 0.3) is 0 Å². The summed E-state index contributed by atoms with van der Waals surface area (Å²) in [6.07, 6.45) is 6.07. The lowest BCUT2D eigenvalue weighted by molar-refractivity contribution is -0.338. The van der Waals surface area contributed by atoms with Gasteiger partial charge in [0, 0.05) is 52.5 Å². The monoisotopic (exact) mass is 620 g/mol. The molecule has 0 unspecified atom stereocenters. The number of hydrogen-bond acceptors (Lipinski definition) is 0. The molecule has 0 spiro atoms.